The molecule has 2 aliphatic heterocycles. The number of carbonyl (C=O) groups is 2. The molecule has 0 N–H and O–H groups in total. The second-order valence-corrected chi connectivity index (χ2v) is 9.47. The molecule has 0 saturated carbocycles. The highest BCUT2D eigenvalue weighted by atomic mass is 35.5. The maximum atomic E-state index is 14.2. The number of hydrogen-bond acceptors (Lipinski definition) is 3. The Morgan fingerprint density at radius 2 is 2.03 bits per heavy atom. The highest BCUT2D eigenvalue weighted by Gasteiger charge is 2.59. The number of carbonyl (C=O) groups excluding carboxylic acids is 2. The fraction of sp³-hybridized carbons (Fsp3) is 0.364. The van der Waals surface area contributed by atoms with Crippen molar-refractivity contribution in [3.8, 4) is 0 Å². The number of fused-ring (bicyclic) bond motifs is 2. The first-order valence-corrected chi connectivity index (χ1v) is 11.0. The Labute approximate surface area is 179 Å². The van der Waals surface area contributed by atoms with Crippen molar-refractivity contribution >= 4 is 40.9 Å². The lowest BCUT2D eigenvalue weighted by atomic mass is 10.0. The van der Waals surface area contributed by atoms with Gasteiger partial charge in [-0.15, -0.1) is 11.8 Å². The van der Waals surface area contributed by atoms with Crippen LogP contribution in [0.5, 0.6) is 0 Å². The molecular weight excluding hydrogens is 411 g/mol. The highest BCUT2D eigenvalue weighted by Crippen LogP contribution is 2.54. The summed E-state index contributed by atoms with van der Waals surface area (Å²) < 4.78 is 14.2. The summed E-state index contributed by atoms with van der Waals surface area (Å²) in [5.74, 6) is 0.101. The topological polar surface area (TPSA) is 40.6 Å². The van der Waals surface area contributed by atoms with Crippen molar-refractivity contribution in [1.82, 2.24) is 4.90 Å². The van der Waals surface area contributed by atoms with Crippen LogP contribution in [-0.4, -0.2) is 29.0 Å². The minimum Gasteiger partial charge on any atom is -0.315 e. The Morgan fingerprint density at radius 3 is 2.76 bits per heavy atom. The number of benzene rings is 2. The predicted molar refractivity (Wildman–Crippen MR) is 114 cm³/mol. The Balaban J connectivity index is 1.80. The van der Waals surface area contributed by atoms with Crippen LogP contribution in [0.2, 0.25) is 5.02 Å². The van der Waals surface area contributed by atoms with Crippen molar-refractivity contribution in [2.24, 2.45) is 5.92 Å². The zero-order valence-electron chi connectivity index (χ0n) is 16.3. The number of thioether (sulfide) groups is 1. The van der Waals surface area contributed by atoms with Crippen LogP contribution in [0.15, 0.2) is 42.5 Å². The van der Waals surface area contributed by atoms with Crippen LogP contribution < -0.4 is 4.90 Å². The van der Waals surface area contributed by atoms with E-state index >= 15 is 0 Å². The van der Waals surface area contributed by atoms with Gasteiger partial charge in [0.15, 0.2) is 4.87 Å². The number of nitrogens with zero attached hydrogens (tertiary/aromatic N) is 2. The molecule has 0 bridgehead atoms. The van der Waals surface area contributed by atoms with E-state index in [0.717, 1.165) is 5.56 Å². The molecule has 0 radical (unpaired) electrons. The van der Waals surface area contributed by atoms with E-state index in [1.807, 2.05) is 32.0 Å². The molecule has 2 heterocycles. The number of anilines is 1. The van der Waals surface area contributed by atoms with Crippen molar-refractivity contribution in [3.63, 3.8) is 0 Å². The molecule has 2 aromatic rings. The van der Waals surface area contributed by atoms with Crippen molar-refractivity contribution in [2.75, 3.05) is 17.2 Å². The lowest BCUT2D eigenvalue weighted by molar-refractivity contribution is -0.140. The monoisotopic (exact) mass is 432 g/mol. The maximum Gasteiger partial charge on any atom is 0.268 e. The van der Waals surface area contributed by atoms with Crippen molar-refractivity contribution in [3.05, 3.63) is 64.4 Å². The van der Waals surface area contributed by atoms with E-state index in [1.165, 1.54) is 23.9 Å². The summed E-state index contributed by atoms with van der Waals surface area (Å²) in [6.07, 6.45) is 0.352. The maximum absolute atomic E-state index is 14.2. The molecule has 2 aromatic carbocycles. The first-order valence-electron chi connectivity index (χ1n) is 9.64. The summed E-state index contributed by atoms with van der Waals surface area (Å²) in [7, 11) is 0. The third-order valence-corrected chi connectivity index (χ3v) is 7.11. The van der Waals surface area contributed by atoms with E-state index in [1.54, 1.807) is 21.9 Å². The smallest absolute Gasteiger partial charge is 0.268 e. The molecule has 7 heteroatoms. The standard InChI is InChI=1S/C22H22ClFN2O2S/c1-14(2)11-20(27)26-9-10-29-22(26)17-12-16(24)7-8-19(17)25(21(22)28)13-15-5-3-4-6-18(15)23/h3-8,12,14H,9-11,13H2,1-2H3/t22-/m0/s1. The molecule has 1 spiro atoms. The number of rotatable bonds is 4. The van der Waals surface area contributed by atoms with E-state index in [0.29, 0.717) is 35.0 Å². The lowest BCUT2D eigenvalue weighted by Crippen LogP contribution is -2.50. The van der Waals surface area contributed by atoms with Gasteiger partial charge in [-0.25, -0.2) is 4.39 Å². The van der Waals surface area contributed by atoms with Gasteiger partial charge >= 0.3 is 0 Å². The fourth-order valence-corrected chi connectivity index (χ4v) is 5.72. The molecule has 0 unspecified atom stereocenters. The van der Waals surface area contributed by atoms with Gasteiger partial charge in [-0.05, 0) is 35.7 Å². The molecule has 1 fully saturated rings. The van der Waals surface area contributed by atoms with Gasteiger partial charge in [-0.3, -0.25) is 9.59 Å². The Bertz CT molecular complexity index is 983. The van der Waals surface area contributed by atoms with Gasteiger partial charge in [0.25, 0.3) is 5.91 Å². The molecule has 2 aliphatic rings. The largest absolute Gasteiger partial charge is 0.315 e. The molecule has 2 amide bonds. The molecule has 1 saturated heterocycles. The van der Waals surface area contributed by atoms with Crippen LogP contribution in [0.1, 0.15) is 31.4 Å². The quantitative estimate of drug-likeness (QED) is 0.696. The molecule has 4 nitrogen and oxygen atoms in total. The number of amides is 2. The van der Waals surface area contributed by atoms with Gasteiger partial charge in [0, 0.05) is 29.3 Å². The van der Waals surface area contributed by atoms with Crippen LogP contribution in [0.4, 0.5) is 10.1 Å². The molecule has 1 atom stereocenters. The third-order valence-electron chi connectivity index (χ3n) is 5.33. The summed E-state index contributed by atoms with van der Waals surface area (Å²) in [6, 6.07) is 11.7. The van der Waals surface area contributed by atoms with E-state index in [2.05, 4.69) is 0 Å². The first-order chi connectivity index (χ1) is 13.8. The van der Waals surface area contributed by atoms with E-state index in [9.17, 15) is 14.0 Å². The van der Waals surface area contributed by atoms with E-state index in [-0.39, 0.29) is 24.3 Å². The average Bonchev–Trinajstić information content (AvgIpc) is 3.20. The Kier molecular flexibility index (Phi) is 5.34. The van der Waals surface area contributed by atoms with Crippen molar-refractivity contribution in [1.29, 1.82) is 0 Å². The summed E-state index contributed by atoms with van der Waals surface area (Å²) in [6.45, 7) is 4.69. The van der Waals surface area contributed by atoms with Gasteiger partial charge in [0.1, 0.15) is 5.82 Å². The van der Waals surface area contributed by atoms with E-state index < -0.39 is 10.7 Å². The zero-order valence-corrected chi connectivity index (χ0v) is 17.9. The van der Waals surface area contributed by atoms with E-state index in [4.69, 9.17) is 11.6 Å². The lowest BCUT2D eigenvalue weighted by Gasteiger charge is -2.33. The van der Waals surface area contributed by atoms with Crippen LogP contribution in [0.25, 0.3) is 0 Å². The molecule has 4 rings (SSSR count). The molecule has 0 aliphatic carbocycles. The summed E-state index contributed by atoms with van der Waals surface area (Å²) in [5, 5.41) is 0.566. The van der Waals surface area contributed by atoms with Gasteiger partial charge in [-0.1, -0.05) is 43.6 Å². The number of halogens is 2. The normalized spacial score (nSPS) is 20.8. The van der Waals surface area contributed by atoms with Crippen LogP contribution in [0.3, 0.4) is 0 Å². The average molecular weight is 433 g/mol. The highest BCUT2D eigenvalue weighted by molar-refractivity contribution is 8.01. The van der Waals surface area contributed by atoms with Gasteiger partial charge in [0.05, 0.1) is 12.2 Å². The predicted octanol–water partition coefficient (Wildman–Crippen LogP) is 4.80. The SMILES string of the molecule is CC(C)CC(=O)N1CCS[C@@]12C(=O)N(Cc1ccccc1Cl)c1ccc(F)cc12. The first kappa shape index (κ1) is 20.2. The Hall–Kier alpha value is -2.05. The molecule has 29 heavy (non-hydrogen) atoms. The molecular formula is C22H22ClFN2O2S. The van der Waals surface area contributed by atoms with Gasteiger partial charge < -0.3 is 9.80 Å². The van der Waals surface area contributed by atoms with Crippen LogP contribution >= 0.6 is 23.4 Å². The summed E-state index contributed by atoms with van der Waals surface area (Å²) in [5.41, 5.74) is 1.99. The van der Waals surface area contributed by atoms with Gasteiger partial charge in [-0.2, -0.15) is 0 Å². The number of hydrogen-bond donors (Lipinski definition) is 0. The Morgan fingerprint density at radius 1 is 1.28 bits per heavy atom. The van der Waals surface area contributed by atoms with Gasteiger partial charge in [0.2, 0.25) is 5.91 Å². The summed E-state index contributed by atoms with van der Waals surface area (Å²) in [4.78, 5) is 28.8. The van der Waals surface area contributed by atoms with Crippen LogP contribution in [-0.2, 0) is 21.0 Å². The second kappa shape index (κ2) is 7.65. The minimum atomic E-state index is -1.20. The van der Waals surface area contributed by atoms with Crippen molar-refractivity contribution in [2.45, 2.75) is 31.7 Å². The fourth-order valence-electron chi connectivity index (χ4n) is 4.06. The van der Waals surface area contributed by atoms with Crippen LogP contribution in [0, 0.1) is 11.7 Å². The molecule has 152 valence electrons. The van der Waals surface area contributed by atoms with Crippen molar-refractivity contribution < 1.29 is 14.0 Å². The minimum absolute atomic E-state index is 0.0758. The molecule has 0 aromatic heterocycles. The summed E-state index contributed by atoms with van der Waals surface area (Å²) >= 11 is 7.73. The third kappa shape index (κ3) is 3.32. The zero-order chi connectivity index (χ0) is 20.8. The second-order valence-electron chi connectivity index (χ2n) is 7.78.